The van der Waals surface area contributed by atoms with Gasteiger partial charge in [0.1, 0.15) is 11.6 Å². The highest BCUT2D eigenvalue weighted by atomic mass is 35.5. The van der Waals surface area contributed by atoms with Gasteiger partial charge in [0.2, 0.25) is 5.88 Å². The van der Waals surface area contributed by atoms with Crippen LogP contribution in [0.1, 0.15) is 10.4 Å². The predicted molar refractivity (Wildman–Crippen MR) is 106 cm³/mol. The molecule has 0 aliphatic rings. The Bertz CT molecular complexity index is 1060. The summed E-state index contributed by atoms with van der Waals surface area (Å²) in [6.45, 7) is 0. The van der Waals surface area contributed by atoms with Crippen molar-refractivity contribution in [3.05, 3.63) is 65.1 Å². The molecule has 3 aromatic rings. The number of halogens is 2. The minimum atomic E-state index is -0.817. The van der Waals surface area contributed by atoms with Gasteiger partial charge in [-0.2, -0.15) is 0 Å². The fourth-order valence-electron chi connectivity index (χ4n) is 2.72. The zero-order valence-corrected chi connectivity index (χ0v) is 16.6. The second-order valence-corrected chi connectivity index (χ2v) is 6.21. The Labute approximate surface area is 171 Å². The average Bonchev–Trinajstić information content (AvgIpc) is 2.74. The summed E-state index contributed by atoms with van der Waals surface area (Å²) < 4.78 is 35.8. The van der Waals surface area contributed by atoms with Gasteiger partial charge >= 0.3 is 5.97 Å². The number of esters is 1. The predicted octanol–water partition coefficient (Wildman–Crippen LogP) is 5.14. The summed E-state index contributed by atoms with van der Waals surface area (Å²) in [6.07, 6.45) is 1.55. The lowest BCUT2D eigenvalue weighted by molar-refractivity contribution is 0.0595. The number of hydrogen-bond donors (Lipinski definition) is 0. The van der Waals surface area contributed by atoms with Crippen molar-refractivity contribution >= 4 is 17.6 Å². The molecule has 6 nitrogen and oxygen atoms in total. The van der Waals surface area contributed by atoms with Crippen molar-refractivity contribution in [2.24, 2.45) is 0 Å². The Morgan fingerprint density at radius 3 is 2.45 bits per heavy atom. The van der Waals surface area contributed by atoms with Crippen molar-refractivity contribution in [1.82, 2.24) is 4.98 Å². The molecule has 3 rings (SSSR count). The largest absolute Gasteiger partial charge is 0.493 e. The molecule has 1 heterocycles. The highest BCUT2D eigenvalue weighted by molar-refractivity contribution is 6.30. The van der Waals surface area contributed by atoms with Crippen molar-refractivity contribution < 1.29 is 28.1 Å². The molecule has 0 atom stereocenters. The van der Waals surface area contributed by atoms with E-state index in [0.717, 1.165) is 6.07 Å². The van der Waals surface area contributed by atoms with Gasteiger partial charge in [0.15, 0.2) is 11.5 Å². The number of methoxy groups -OCH3 is 3. The maximum atomic E-state index is 14.6. The first kappa shape index (κ1) is 20.4. The number of pyridine rings is 1. The standard InChI is InChI=1S/C21H17ClFNO5/c1-26-19-9-12(22)6-7-17(19)29-18-11-16(23)15(21(25)28-3)10-14(18)13-5-4-8-24-20(13)27-2/h4-11H,1-3H3. The minimum Gasteiger partial charge on any atom is -0.493 e. The molecule has 0 aliphatic carbocycles. The van der Waals surface area contributed by atoms with Gasteiger partial charge in [-0.05, 0) is 30.3 Å². The van der Waals surface area contributed by atoms with E-state index in [4.69, 9.17) is 25.8 Å². The Morgan fingerprint density at radius 1 is 0.966 bits per heavy atom. The van der Waals surface area contributed by atoms with Crippen LogP contribution in [0.5, 0.6) is 23.1 Å². The summed E-state index contributed by atoms with van der Waals surface area (Å²) in [5.74, 6) is -0.538. The smallest absolute Gasteiger partial charge is 0.340 e. The molecule has 0 radical (unpaired) electrons. The van der Waals surface area contributed by atoms with Crippen LogP contribution in [-0.4, -0.2) is 32.3 Å². The lowest BCUT2D eigenvalue weighted by atomic mass is 10.0. The van der Waals surface area contributed by atoms with Gasteiger partial charge in [-0.3, -0.25) is 0 Å². The second-order valence-electron chi connectivity index (χ2n) is 5.78. The van der Waals surface area contributed by atoms with Gasteiger partial charge in [0.05, 0.1) is 26.9 Å². The molecule has 0 spiro atoms. The van der Waals surface area contributed by atoms with Crippen LogP contribution >= 0.6 is 11.6 Å². The number of nitrogens with zero attached hydrogens (tertiary/aromatic N) is 1. The molecule has 150 valence electrons. The van der Waals surface area contributed by atoms with Crippen LogP contribution in [0.2, 0.25) is 5.02 Å². The van der Waals surface area contributed by atoms with E-state index in [0.29, 0.717) is 27.6 Å². The molecule has 29 heavy (non-hydrogen) atoms. The first-order chi connectivity index (χ1) is 14.0. The number of carbonyl (C=O) groups excluding carboxylic acids is 1. The summed E-state index contributed by atoms with van der Waals surface area (Å²) in [5.41, 5.74) is 0.640. The van der Waals surface area contributed by atoms with Gasteiger partial charge in [-0.25, -0.2) is 14.2 Å². The zero-order chi connectivity index (χ0) is 21.0. The van der Waals surface area contributed by atoms with Crippen molar-refractivity contribution in [1.29, 1.82) is 0 Å². The first-order valence-electron chi connectivity index (χ1n) is 8.41. The third-order valence-electron chi connectivity index (χ3n) is 4.07. The molecular formula is C21H17ClFNO5. The highest BCUT2D eigenvalue weighted by Gasteiger charge is 2.22. The summed E-state index contributed by atoms with van der Waals surface area (Å²) in [6, 6.07) is 10.6. The van der Waals surface area contributed by atoms with E-state index < -0.39 is 11.8 Å². The number of carbonyl (C=O) groups is 1. The summed E-state index contributed by atoms with van der Waals surface area (Å²) in [4.78, 5) is 16.1. The monoisotopic (exact) mass is 417 g/mol. The summed E-state index contributed by atoms with van der Waals surface area (Å²) in [5, 5.41) is 0.454. The quantitative estimate of drug-likeness (QED) is 0.517. The Morgan fingerprint density at radius 2 is 1.76 bits per heavy atom. The third kappa shape index (κ3) is 4.25. The summed E-state index contributed by atoms with van der Waals surface area (Å²) >= 11 is 5.99. The Hall–Kier alpha value is -3.32. The van der Waals surface area contributed by atoms with Gasteiger partial charge in [-0.1, -0.05) is 11.6 Å². The van der Waals surface area contributed by atoms with Gasteiger partial charge < -0.3 is 18.9 Å². The van der Waals surface area contributed by atoms with Crippen LogP contribution < -0.4 is 14.2 Å². The summed E-state index contributed by atoms with van der Waals surface area (Å²) in [7, 11) is 4.10. The highest BCUT2D eigenvalue weighted by Crippen LogP contribution is 2.41. The van der Waals surface area contributed by atoms with E-state index >= 15 is 0 Å². The van der Waals surface area contributed by atoms with E-state index in [1.54, 1.807) is 36.5 Å². The molecule has 0 N–H and O–H groups in total. The molecule has 2 aromatic carbocycles. The zero-order valence-electron chi connectivity index (χ0n) is 15.9. The average molecular weight is 418 g/mol. The normalized spacial score (nSPS) is 10.4. The van der Waals surface area contributed by atoms with E-state index in [2.05, 4.69) is 9.72 Å². The fraction of sp³-hybridized carbons (Fsp3) is 0.143. The lowest BCUT2D eigenvalue weighted by Gasteiger charge is -2.16. The molecule has 1 aromatic heterocycles. The number of rotatable bonds is 6. The number of aromatic nitrogens is 1. The van der Waals surface area contributed by atoms with Crippen LogP contribution in [-0.2, 0) is 4.74 Å². The maximum Gasteiger partial charge on any atom is 0.340 e. The molecule has 0 saturated carbocycles. The van der Waals surface area contributed by atoms with Crippen LogP contribution in [0, 0.1) is 5.82 Å². The lowest BCUT2D eigenvalue weighted by Crippen LogP contribution is -2.06. The van der Waals surface area contributed by atoms with Crippen molar-refractivity contribution in [2.45, 2.75) is 0 Å². The number of benzene rings is 2. The van der Waals surface area contributed by atoms with Gasteiger partial charge in [0, 0.05) is 34.5 Å². The van der Waals surface area contributed by atoms with Crippen LogP contribution in [0.15, 0.2) is 48.7 Å². The Kier molecular flexibility index (Phi) is 6.19. The topological polar surface area (TPSA) is 66.9 Å². The second kappa shape index (κ2) is 8.79. The van der Waals surface area contributed by atoms with Crippen LogP contribution in [0.4, 0.5) is 4.39 Å². The fourth-order valence-corrected chi connectivity index (χ4v) is 2.88. The van der Waals surface area contributed by atoms with Crippen molar-refractivity contribution in [3.8, 4) is 34.3 Å². The minimum absolute atomic E-state index is 0.127. The van der Waals surface area contributed by atoms with E-state index in [1.165, 1.54) is 27.4 Å². The SMILES string of the molecule is COC(=O)c1cc(-c2cccnc2OC)c(Oc2ccc(Cl)cc2OC)cc1F. The molecule has 0 saturated heterocycles. The molecule has 0 bridgehead atoms. The van der Waals surface area contributed by atoms with Gasteiger partial charge in [-0.15, -0.1) is 0 Å². The van der Waals surface area contributed by atoms with E-state index in [9.17, 15) is 9.18 Å². The van der Waals surface area contributed by atoms with Gasteiger partial charge in [0.25, 0.3) is 0 Å². The molecule has 0 aliphatic heterocycles. The maximum absolute atomic E-state index is 14.6. The molecule has 0 fully saturated rings. The molecule has 0 unspecified atom stereocenters. The Balaban J connectivity index is 2.20. The molecular weight excluding hydrogens is 401 g/mol. The molecule has 8 heteroatoms. The van der Waals surface area contributed by atoms with Crippen molar-refractivity contribution in [2.75, 3.05) is 21.3 Å². The van der Waals surface area contributed by atoms with Crippen LogP contribution in [0.25, 0.3) is 11.1 Å². The first-order valence-corrected chi connectivity index (χ1v) is 8.79. The van der Waals surface area contributed by atoms with Crippen LogP contribution in [0.3, 0.4) is 0 Å². The van der Waals surface area contributed by atoms with Crippen molar-refractivity contribution in [3.63, 3.8) is 0 Å². The number of ether oxygens (including phenoxy) is 4. The van der Waals surface area contributed by atoms with E-state index in [1.807, 2.05) is 0 Å². The molecule has 0 amide bonds. The van der Waals surface area contributed by atoms with E-state index in [-0.39, 0.29) is 17.2 Å². The number of hydrogen-bond acceptors (Lipinski definition) is 6. The third-order valence-corrected chi connectivity index (χ3v) is 4.31.